The van der Waals surface area contributed by atoms with Gasteiger partial charge in [0.1, 0.15) is 16.5 Å². The van der Waals surface area contributed by atoms with Crippen LogP contribution in [0.3, 0.4) is 0 Å². The highest BCUT2D eigenvalue weighted by Gasteiger charge is 2.31. The summed E-state index contributed by atoms with van der Waals surface area (Å²) >= 11 is 0. The van der Waals surface area contributed by atoms with E-state index < -0.39 is 26.3 Å². The minimum atomic E-state index is -4.09. The molecule has 2 unspecified atom stereocenters. The van der Waals surface area contributed by atoms with Crippen LogP contribution >= 0.6 is 0 Å². The first-order valence-corrected chi connectivity index (χ1v) is 10.3. The zero-order valence-electron chi connectivity index (χ0n) is 14.8. The van der Waals surface area contributed by atoms with E-state index >= 15 is 0 Å². The summed E-state index contributed by atoms with van der Waals surface area (Å²) in [7, 11) is -4.09. The van der Waals surface area contributed by atoms with Gasteiger partial charge in [0.05, 0.1) is 0 Å². The number of benzene rings is 1. The van der Waals surface area contributed by atoms with E-state index in [2.05, 4.69) is 14.7 Å². The molecule has 1 saturated heterocycles. The molecule has 1 aromatic heterocycles. The molecule has 3 rings (SSSR count). The summed E-state index contributed by atoms with van der Waals surface area (Å²) in [6, 6.07) is 3.01. The minimum absolute atomic E-state index is 0.0841. The molecule has 2 N–H and O–H groups in total. The van der Waals surface area contributed by atoms with Crippen molar-refractivity contribution in [3.8, 4) is 0 Å². The van der Waals surface area contributed by atoms with Gasteiger partial charge >= 0.3 is 0 Å². The summed E-state index contributed by atoms with van der Waals surface area (Å²) in [5, 5.41) is 3.44. The molecule has 0 radical (unpaired) electrons. The standard InChI is InChI=1S/C17H21FN4O4S/c1-11(19)14-4-2-3-7-22(14)17(23)12-5-6-13(18)15(8-12)27(24,25)9-16-20-10-26-21-16/h5-6,8,10-11,14H,2-4,7,9,19H2,1H3. The number of amides is 1. The van der Waals surface area contributed by atoms with Crippen molar-refractivity contribution in [3.05, 3.63) is 41.8 Å². The number of likely N-dealkylation sites (tertiary alicyclic amines) is 1. The first kappa shape index (κ1) is 19.4. The van der Waals surface area contributed by atoms with Gasteiger partial charge in [0.25, 0.3) is 5.91 Å². The second-order valence-electron chi connectivity index (χ2n) is 6.67. The summed E-state index contributed by atoms with van der Waals surface area (Å²) in [5.41, 5.74) is 6.11. The number of nitrogens with two attached hydrogens (primary N) is 1. The zero-order valence-corrected chi connectivity index (χ0v) is 15.7. The molecular formula is C17H21FN4O4S. The van der Waals surface area contributed by atoms with Crippen molar-refractivity contribution in [2.24, 2.45) is 5.73 Å². The van der Waals surface area contributed by atoms with Crippen LogP contribution in [0.25, 0.3) is 0 Å². The Bertz CT molecular complexity index is 915. The number of hydrogen-bond donors (Lipinski definition) is 1. The molecule has 10 heteroatoms. The number of aromatic nitrogens is 2. The fourth-order valence-corrected chi connectivity index (χ4v) is 4.59. The summed E-state index contributed by atoms with van der Waals surface area (Å²) in [6.07, 6.45) is 3.60. The number of hydrogen-bond acceptors (Lipinski definition) is 7. The number of piperidine rings is 1. The molecule has 1 aliphatic heterocycles. The van der Waals surface area contributed by atoms with E-state index in [9.17, 15) is 17.6 Å². The van der Waals surface area contributed by atoms with Crippen molar-refractivity contribution in [2.45, 2.75) is 48.9 Å². The average Bonchev–Trinajstić information content (AvgIpc) is 3.13. The molecule has 2 heterocycles. The molecule has 146 valence electrons. The van der Waals surface area contributed by atoms with Crippen molar-refractivity contribution in [3.63, 3.8) is 0 Å². The van der Waals surface area contributed by atoms with E-state index in [1.165, 1.54) is 6.07 Å². The smallest absolute Gasteiger partial charge is 0.254 e. The molecule has 2 atom stereocenters. The van der Waals surface area contributed by atoms with Crippen LogP contribution in [0.1, 0.15) is 42.4 Å². The predicted molar refractivity (Wildman–Crippen MR) is 93.9 cm³/mol. The van der Waals surface area contributed by atoms with Gasteiger partial charge in [0, 0.05) is 24.2 Å². The fourth-order valence-electron chi connectivity index (χ4n) is 3.30. The molecule has 0 saturated carbocycles. The van der Waals surface area contributed by atoms with Crippen LogP contribution in [0, 0.1) is 5.82 Å². The fraction of sp³-hybridized carbons (Fsp3) is 0.471. The van der Waals surface area contributed by atoms with Crippen LogP contribution in [-0.4, -0.2) is 48.0 Å². The monoisotopic (exact) mass is 396 g/mol. The van der Waals surface area contributed by atoms with Crippen LogP contribution in [0.5, 0.6) is 0 Å². The third-order valence-electron chi connectivity index (χ3n) is 4.66. The molecule has 27 heavy (non-hydrogen) atoms. The van der Waals surface area contributed by atoms with Gasteiger partial charge in [-0.2, -0.15) is 4.98 Å². The number of sulfone groups is 1. The van der Waals surface area contributed by atoms with Gasteiger partial charge in [0.15, 0.2) is 15.7 Å². The molecule has 1 aromatic carbocycles. The first-order valence-electron chi connectivity index (χ1n) is 8.63. The van der Waals surface area contributed by atoms with Gasteiger partial charge in [-0.1, -0.05) is 5.16 Å². The Labute approximate surface area is 156 Å². The van der Waals surface area contributed by atoms with Crippen molar-refractivity contribution in [1.82, 2.24) is 15.0 Å². The Hall–Kier alpha value is -2.33. The zero-order chi connectivity index (χ0) is 19.6. The lowest BCUT2D eigenvalue weighted by molar-refractivity contribution is 0.0583. The normalized spacial score (nSPS) is 19.1. The molecule has 0 spiro atoms. The first-order chi connectivity index (χ1) is 12.8. The Morgan fingerprint density at radius 1 is 1.44 bits per heavy atom. The molecule has 1 fully saturated rings. The van der Waals surface area contributed by atoms with Crippen LogP contribution in [0.2, 0.25) is 0 Å². The quantitative estimate of drug-likeness (QED) is 0.814. The molecular weight excluding hydrogens is 375 g/mol. The third-order valence-corrected chi connectivity index (χ3v) is 6.28. The highest BCUT2D eigenvalue weighted by Crippen LogP contribution is 2.25. The summed E-state index contributed by atoms with van der Waals surface area (Å²) in [5.74, 6) is -1.99. The van der Waals surface area contributed by atoms with Crippen LogP contribution in [0.15, 0.2) is 34.0 Å². The number of rotatable bonds is 5. The molecule has 0 aliphatic carbocycles. The van der Waals surface area contributed by atoms with E-state index in [0.29, 0.717) is 6.54 Å². The maximum absolute atomic E-state index is 14.2. The molecule has 8 nitrogen and oxygen atoms in total. The highest BCUT2D eigenvalue weighted by atomic mass is 32.2. The van der Waals surface area contributed by atoms with Crippen LogP contribution < -0.4 is 5.73 Å². The number of nitrogens with zero attached hydrogens (tertiary/aromatic N) is 3. The van der Waals surface area contributed by atoms with Gasteiger partial charge < -0.3 is 15.2 Å². The lowest BCUT2D eigenvalue weighted by Gasteiger charge is -2.38. The van der Waals surface area contributed by atoms with Gasteiger partial charge in [-0.15, -0.1) is 0 Å². The van der Waals surface area contributed by atoms with Gasteiger partial charge in [-0.3, -0.25) is 4.79 Å². The summed E-state index contributed by atoms with van der Waals surface area (Å²) in [4.78, 5) is 17.7. The van der Waals surface area contributed by atoms with E-state index in [-0.39, 0.29) is 29.4 Å². The average molecular weight is 396 g/mol. The number of carbonyl (C=O) groups excluding carboxylic acids is 1. The third kappa shape index (κ3) is 4.16. The number of halogens is 1. The second kappa shape index (κ2) is 7.73. The molecule has 2 aromatic rings. The summed E-state index contributed by atoms with van der Waals surface area (Å²) < 4.78 is 43.8. The van der Waals surface area contributed by atoms with E-state index in [0.717, 1.165) is 37.8 Å². The van der Waals surface area contributed by atoms with E-state index in [1.54, 1.807) is 4.90 Å². The number of carbonyl (C=O) groups is 1. The van der Waals surface area contributed by atoms with Crippen molar-refractivity contribution in [2.75, 3.05) is 6.54 Å². The minimum Gasteiger partial charge on any atom is -0.343 e. The Morgan fingerprint density at radius 2 is 2.22 bits per heavy atom. The highest BCUT2D eigenvalue weighted by molar-refractivity contribution is 7.90. The van der Waals surface area contributed by atoms with Gasteiger partial charge in [0.2, 0.25) is 6.39 Å². The van der Waals surface area contributed by atoms with E-state index in [4.69, 9.17) is 5.73 Å². The maximum atomic E-state index is 14.2. The Morgan fingerprint density at radius 3 is 2.89 bits per heavy atom. The van der Waals surface area contributed by atoms with Gasteiger partial charge in [-0.05, 0) is 44.4 Å². The lowest BCUT2D eigenvalue weighted by Crippen LogP contribution is -2.51. The van der Waals surface area contributed by atoms with Crippen molar-refractivity contribution >= 4 is 15.7 Å². The second-order valence-corrected chi connectivity index (χ2v) is 8.63. The summed E-state index contributed by atoms with van der Waals surface area (Å²) in [6.45, 7) is 2.37. The largest absolute Gasteiger partial charge is 0.343 e. The topological polar surface area (TPSA) is 119 Å². The predicted octanol–water partition coefficient (Wildman–Crippen LogP) is 1.52. The molecule has 1 aliphatic rings. The molecule has 1 amide bonds. The Kier molecular flexibility index (Phi) is 5.56. The van der Waals surface area contributed by atoms with Crippen molar-refractivity contribution < 1.29 is 22.1 Å². The van der Waals surface area contributed by atoms with Crippen LogP contribution in [0.4, 0.5) is 4.39 Å². The SMILES string of the molecule is CC(N)C1CCCCN1C(=O)c1ccc(F)c(S(=O)(=O)Cc2ncon2)c1. The lowest BCUT2D eigenvalue weighted by atomic mass is 9.96. The van der Waals surface area contributed by atoms with Crippen LogP contribution in [-0.2, 0) is 15.6 Å². The van der Waals surface area contributed by atoms with E-state index in [1.807, 2.05) is 6.92 Å². The Balaban J connectivity index is 1.91. The van der Waals surface area contributed by atoms with Gasteiger partial charge in [-0.25, -0.2) is 12.8 Å². The maximum Gasteiger partial charge on any atom is 0.254 e. The van der Waals surface area contributed by atoms with Crippen molar-refractivity contribution in [1.29, 1.82) is 0 Å². The molecule has 0 bridgehead atoms.